The Kier molecular flexibility index (Phi) is 6.28. The van der Waals surface area contributed by atoms with Crippen molar-refractivity contribution in [3.05, 3.63) is 71.5 Å². The molecule has 4 rings (SSSR count). The van der Waals surface area contributed by atoms with Crippen molar-refractivity contribution in [3.8, 4) is 34.1 Å². The van der Waals surface area contributed by atoms with Crippen molar-refractivity contribution in [1.82, 2.24) is 4.90 Å². The Morgan fingerprint density at radius 3 is 2.48 bits per heavy atom. The van der Waals surface area contributed by atoms with Crippen LogP contribution in [0.4, 0.5) is 4.39 Å². The topological polar surface area (TPSA) is 40.2 Å². The predicted octanol–water partition coefficient (Wildman–Crippen LogP) is 4.91. The van der Waals surface area contributed by atoms with Crippen LogP contribution in [0.3, 0.4) is 0 Å². The molecule has 0 aliphatic carbocycles. The third-order valence-corrected chi connectivity index (χ3v) is 5.41. The summed E-state index contributed by atoms with van der Waals surface area (Å²) in [5.74, 6) is 2.52. The quantitative estimate of drug-likeness (QED) is 0.563. The first-order chi connectivity index (χ1) is 15.1. The Morgan fingerprint density at radius 1 is 0.935 bits per heavy atom. The molecular weight excluding hydrogens is 397 g/mol. The lowest BCUT2D eigenvalue weighted by atomic mass is 10.00. The Balaban J connectivity index is 1.72. The summed E-state index contributed by atoms with van der Waals surface area (Å²) in [5.41, 5.74) is 3.79. The average molecular weight is 423 g/mol. The molecule has 0 bridgehead atoms. The number of para-hydroxylation sites is 1. The van der Waals surface area contributed by atoms with Gasteiger partial charge in [0.25, 0.3) is 0 Å². The number of halogens is 1. The maximum absolute atomic E-state index is 13.6. The molecule has 0 saturated carbocycles. The van der Waals surface area contributed by atoms with Crippen molar-refractivity contribution in [2.75, 3.05) is 34.5 Å². The van der Waals surface area contributed by atoms with Gasteiger partial charge in [-0.1, -0.05) is 24.3 Å². The molecule has 0 aromatic heterocycles. The second-order valence-electron chi connectivity index (χ2n) is 7.40. The van der Waals surface area contributed by atoms with Crippen molar-refractivity contribution >= 4 is 0 Å². The number of methoxy groups -OCH3 is 3. The fourth-order valence-corrected chi connectivity index (χ4v) is 3.99. The van der Waals surface area contributed by atoms with E-state index < -0.39 is 0 Å². The van der Waals surface area contributed by atoms with Crippen LogP contribution >= 0.6 is 0 Å². The van der Waals surface area contributed by atoms with E-state index >= 15 is 0 Å². The summed E-state index contributed by atoms with van der Waals surface area (Å²) in [6.07, 6.45) is 0. The molecule has 3 aromatic rings. The summed E-state index contributed by atoms with van der Waals surface area (Å²) < 4.78 is 36.4. The van der Waals surface area contributed by atoms with Gasteiger partial charge >= 0.3 is 0 Å². The molecule has 0 N–H and O–H groups in total. The first-order valence-corrected chi connectivity index (χ1v) is 10.1. The van der Waals surface area contributed by atoms with Crippen LogP contribution in [0.5, 0.6) is 23.0 Å². The molecule has 0 saturated heterocycles. The minimum absolute atomic E-state index is 0.224. The molecule has 0 spiro atoms. The molecule has 162 valence electrons. The van der Waals surface area contributed by atoms with Crippen LogP contribution in [-0.2, 0) is 13.1 Å². The molecule has 0 fully saturated rings. The number of hydrogen-bond donors (Lipinski definition) is 0. The summed E-state index contributed by atoms with van der Waals surface area (Å²) in [6, 6.07) is 16.6. The summed E-state index contributed by atoms with van der Waals surface area (Å²) in [7, 11) is 4.89. The molecule has 31 heavy (non-hydrogen) atoms. The molecule has 3 aromatic carbocycles. The fourth-order valence-electron chi connectivity index (χ4n) is 3.99. The van der Waals surface area contributed by atoms with Gasteiger partial charge in [-0.05, 0) is 41.5 Å². The lowest BCUT2D eigenvalue weighted by molar-refractivity contribution is 0.216. The fraction of sp³-hybridized carbons (Fsp3) is 0.280. The average Bonchev–Trinajstić information content (AvgIpc) is 2.99. The van der Waals surface area contributed by atoms with E-state index in [1.807, 2.05) is 30.3 Å². The first-order valence-electron chi connectivity index (χ1n) is 10.1. The van der Waals surface area contributed by atoms with Crippen molar-refractivity contribution < 1.29 is 23.3 Å². The van der Waals surface area contributed by atoms with Crippen LogP contribution < -0.4 is 18.9 Å². The van der Waals surface area contributed by atoms with Crippen LogP contribution in [-0.4, -0.2) is 39.4 Å². The van der Waals surface area contributed by atoms with Crippen molar-refractivity contribution in [2.24, 2.45) is 0 Å². The molecule has 6 heteroatoms. The number of ether oxygens (including phenoxy) is 4. The van der Waals surface area contributed by atoms with E-state index in [1.165, 1.54) is 6.07 Å². The molecular formula is C25H26FNO4. The summed E-state index contributed by atoms with van der Waals surface area (Å²) in [6.45, 7) is 2.55. The van der Waals surface area contributed by atoms with Gasteiger partial charge in [0.05, 0.1) is 21.3 Å². The summed E-state index contributed by atoms with van der Waals surface area (Å²) in [5, 5.41) is 0. The van der Waals surface area contributed by atoms with E-state index in [-0.39, 0.29) is 5.82 Å². The highest BCUT2D eigenvalue weighted by molar-refractivity contribution is 5.77. The zero-order valence-corrected chi connectivity index (χ0v) is 18.0. The molecule has 1 heterocycles. The van der Waals surface area contributed by atoms with Gasteiger partial charge in [0.1, 0.15) is 12.4 Å². The van der Waals surface area contributed by atoms with E-state index in [4.69, 9.17) is 18.9 Å². The van der Waals surface area contributed by atoms with E-state index in [9.17, 15) is 4.39 Å². The van der Waals surface area contributed by atoms with Gasteiger partial charge in [-0.25, -0.2) is 4.39 Å². The second-order valence-corrected chi connectivity index (χ2v) is 7.40. The molecule has 0 radical (unpaired) electrons. The SMILES string of the molecule is COc1cc(-c2cccc(OC)c2OC)cc2c1OCCN(Cc1cccc(F)c1)C2. The van der Waals surface area contributed by atoms with Gasteiger partial charge in [0, 0.05) is 30.8 Å². The third-order valence-electron chi connectivity index (χ3n) is 5.41. The highest BCUT2D eigenvalue weighted by Gasteiger charge is 2.22. The Hall–Kier alpha value is -3.25. The minimum atomic E-state index is -0.224. The van der Waals surface area contributed by atoms with Crippen LogP contribution in [0.1, 0.15) is 11.1 Å². The molecule has 5 nitrogen and oxygen atoms in total. The Morgan fingerprint density at radius 2 is 1.74 bits per heavy atom. The van der Waals surface area contributed by atoms with Crippen molar-refractivity contribution in [2.45, 2.75) is 13.1 Å². The van der Waals surface area contributed by atoms with Crippen LogP contribution in [0, 0.1) is 5.82 Å². The largest absolute Gasteiger partial charge is 0.493 e. The number of hydrogen-bond acceptors (Lipinski definition) is 5. The van der Waals surface area contributed by atoms with Crippen molar-refractivity contribution in [3.63, 3.8) is 0 Å². The Bertz CT molecular complexity index is 1070. The zero-order chi connectivity index (χ0) is 21.8. The molecule has 0 atom stereocenters. The number of rotatable bonds is 6. The van der Waals surface area contributed by atoms with Gasteiger partial charge in [-0.2, -0.15) is 0 Å². The van der Waals surface area contributed by atoms with Crippen LogP contribution in [0.2, 0.25) is 0 Å². The van der Waals surface area contributed by atoms with Crippen LogP contribution in [0.15, 0.2) is 54.6 Å². The molecule has 1 aliphatic heterocycles. The number of fused-ring (bicyclic) bond motifs is 1. The molecule has 0 unspecified atom stereocenters. The standard InChI is InChI=1S/C25H26FNO4/c1-28-22-9-5-8-21(25(22)30-3)18-13-19-16-27(15-17-6-4-7-20(26)12-17)10-11-31-24(19)23(14-18)29-2/h4-9,12-14H,10-11,15-16H2,1-3H3. The van der Waals surface area contributed by atoms with Gasteiger partial charge in [0.2, 0.25) is 0 Å². The normalized spacial score (nSPS) is 13.7. The maximum Gasteiger partial charge on any atom is 0.168 e. The third kappa shape index (κ3) is 4.44. The van der Waals surface area contributed by atoms with E-state index in [0.29, 0.717) is 36.9 Å². The molecule has 0 amide bonds. The van der Waals surface area contributed by atoms with Crippen molar-refractivity contribution in [1.29, 1.82) is 0 Å². The van der Waals surface area contributed by atoms with E-state index in [2.05, 4.69) is 11.0 Å². The lowest BCUT2D eigenvalue weighted by Gasteiger charge is -2.20. The first kappa shape index (κ1) is 21.0. The smallest absolute Gasteiger partial charge is 0.168 e. The predicted molar refractivity (Wildman–Crippen MR) is 118 cm³/mol. The van der Waals surface area contributed by atoms with Crippen LogP contribution in [0.25, 0.3) is 11.1 Å². The molecule has 1 aliphatic rings. The van der Waals surface area contributed by atoms with Gasteiger partial charge in [-0.3, -0.25) is 4.90 Å². The van der Waals surface area contributed by atoms with E-state index in [0.717, 1.165) is 34.5 Å². The highest BCUT2D eigenvalue weighted by Crippen LogP contribution is 2.43. The second kappa shape index (κ2) is 9.27. The monoisotopic (exact) mass is 423 g/mol. The maximum atomic E-state index is 13.6. The van der Waals surface area contributed by atoms with Gasteiger partial charge in [-0.15, -0.1) is 0 Å². The lowest BCUT2D eigenvalue weighted by Crippen LogP contribution is -2.25. The summed E-state index contributed by atoms with van der Waals surface area (Å²) >= 11 is 0. The number of nitrogens with zero attached hydrogens (tertiary/aromatic N) is 1. The van der Waals surface area contributed by atoms with Gasteiger partial charge < -0.3 is 18.9 Å². The van der Waals surface area contributed by atoms with E-state index in [1.54, 1.807) is 33.5 Å². The highest BCUT2D eigenvalue weighted by atomic mass is 19.1. The minimum Gasteiger partial charge on any atom is -0.493 e. The Labute approximate surface area is 181 Å². The zero-order valence-electron chi connectivity index (χ0n) is 18.0. The number of benzene rings is 3. The summed E-state index contributed by atoms with van der Waals surface area (Å²) in [4.78, 5) is 2.24. The van der Waals surface area contributed by atoms with Gasteiger partial charge in [0.15, 0.2) is 23.0 Å².